The van der Waals surface area contributed by atoms with E-state index in [1.807, 2.05) is 15.6 Å². The number of piperidine rings is 2. The van der Waals surface area contributed by atoms with Crippen LogP contribution in [-0.2, 0) is 14.3 Å². The SMILES string of the molecule is Cc1ccc(-c2cn3nc(N4CCC[C@@H](C(=O)N5CCC6(CC5)OCCO6)C4)sc3n2)cc1. The molecule has 0 radical (unpaired) electrons. The fourth-order valence-corrected chi connectivity index (χ4v) is 6.06. The van der Waals surface area contributed by atoms with Gasteiger partial charge in [0, 0.05) is 44.6 Å². The molecule has 3 aliphatic heterocycles. The van der Waals surface area contributed by atoms with Crippen LogP contribution < -0.4 is 4.90 Å². The number of carbonyl (C=O) groups is 1. The molecule has 33 heavy (non-hydrogen) atoms. The van der Waals surface area contributed by atoms with Crippen molar-refractivity contribution in [1.29, 1.82) is 0 Å². The number of fused-ring (bicyclic) bond motifs is 1. The van der Waals surface area contributed by atoms with E-state index in [0.29, 0.717) is 26.3 Å². The van der Waals surface area contributed by atoms with E-state index in [1.54, 1.807) is 11.3 Å². The maximum Gasteiger partial charge on any atom is 0.227 e. The molecule has 2 aromatic heterocycles. The molecular formula is C24H29N5O3S. The number of benzene rings is 1. The first-order valence-corrected chi connectivity index (χ1v) is 12.7. The molecule has 1 spiro atoms. The lowest BCUT2D eigenvalue weighted by molar-refractivity contribution is -0.188. The van der Waals surface area contributed by atoms with Crippen molar-refractivity contribution in [2.24, 2.45) is 5.92 Å². The maximum atomic E-state index is 13.3. The first-order valence-electron chi connectivity index (χ1n) is 11.8. The number of aromatic nitrogens is 3. The van der Waals surface area contributed by atoms with E-state index in [9.17, 15) is 4.79 Å². The second-order valence-electron chi connectivity index (χ2n) is 9.32. The van der Waals surface area contributed by atoms with Crippen LogP contribution in [0.15, 0.2) is 30.5 Å². The number of imidazole rings is 1. The predicted octanol–water partition coefficient (Wildman–Crippen LogP) is 3.35. The Morgan fingerprint density at radius 3 is 2.61 bits per heavy atom. The van der Waals surface area contributed by atoms with Crippen LogP contribution in [0.2, 0.25) is 0 Å². The zero-order valence-corrected chi connectivity index (χ0v) is 19.7. The second-order valence-corrected chi connectivity index (χ2v) is 10.3. The molecule has 3 aromatic rings. The van der Waals surface area contributed by atoms with Crippen LogP contribution in [0.1, 0.15) is 31.2 Å². The Hall–Kier alpha value is -2.49. The molecule has 1 amide bonds. The molecule has 1 atom stereocenters. The van der Waals surface area contributed by atoms with E-state index in [2.05, 4.69) is 36.1 Å². The van der Waals surface area contributed by atoms with E-state index < -0.39 is 5.79 Å². The molecule has 3 fully saturated rings. The van der Waals surface area contributed by atoms with Gasteiger partial charge in [0.15, 0.2) is 5.79 Å². The first-order chi connectivity index (χ1) is 16.1. The standard InChI is InChI=1S/C24H29N5O3S/c1-17-4-6-18(7-5-17)20-16-29-22(25-20)33-23(26-29)28-10-2-3-19(15-28)21(30)27-11-8-24(9-12-27)31-13-14-32-24/h4-7,16,19H,2-3,8-15H2,1H3/t19-/m1/s1. The van der Waals surface area contributed by atoms with Crippen LogP contribution in [0, 0.1) is 12.8 Å². The number of rotatable bonds is 3. The molecule has 0 saturated carbocycles. The van der Waals surface area contributed by atoms with Gasteiger partial charge >= 0.3 is 0 Å². The Morgan fingerprint density at radius 1 is 1.12 bits per heavy atom. The van der Waals surface area contributed by atoms with Gasteiger partial charge in [-0.2, -0.15) is 0 Å². The number of anilines is 1. The summed E-state index contributed by atoms with van der Waals surface area (Å²) in [5.74, 6) is -0.171. The highest BCUT2D eigenvalue weighted by molar-refractivity contribution is 7.20. The molecule has 0 unspecified atom stereocenters. The number of carbonyl (C=O) groups excluding carboxylic acids is 1. The minimum atomic E-state index is -0.442. The molecule has 3 aliphatic rings. The first kappa shape index (κ1) is 21.1. The van der Waals surface area contributed by atoms with Crippen LogP contribution >= 0.6 is 11.3 Å². The summed E-state index contributed by atoms with van der Waals surface area (Å²) in [6, 6.07) is 8.39. The molecule has 9 heteroatoms. The van der Waals surface area contributed by atoms with Gasteiger partial charge < -0.3 is 19.3 Å². The summed E-state index contributed by atoms with van der Waals surface area (Å²) in [4.78, 5) is 23.2. The monoisotopic (exact) mass is 467 g/mol. The van der Waals surface area contributed by atoms with Gasteiger partial charge in [-0.25, -0.2) is 9.50 Å². The van der Waals surface area contributed by atoms with Crippen molar-refractivity contribution >= 4 is 27.3 Å². The normalized spacial score (nSPS) is 23.0. The molecule has 0 N–H and O–H groups in total. The van der Waals surface area contributed by atoms with Crippen LogP contribution in [-0.4, -0.2) is 70.6 Å². The van der Waals surface area contributed by atoms with Crippen molar-refractivity contribution in [3.05, 3.63) is 36.0 Å². The van der Waals surface area contributed by atoms with Crippen molar-refractivity contribution < 1.29 is 14.3 Å². The fourth-order valence-electron chi connectivity index (χ4n) is 5.14. The zero-order valence-electron chi connectivity index (χ0n) is 18.9. The largest absolute Gasteiger partial charge is 0.347 e. The molecule has 5 heterocycles. The van der Waals surface area contributed by atoms with Gasteiger partial charge in [0.1, 0.15) is 0 Å². The Balaban J connectivity index is 1.12. The molecule has 0 bridgehead atoms. The fraction of sp³-hybridized carbons (Fsp3) is 0.542. The summed E-state index contributed by atoms with van der Waals surface area (Å²) in [6.07, 6.45) is 5.45. The second kappa shape index (κ2) is 8.38. The van der Waals surface area contributed by atoms with Crippen molar-refractivity contribution in [1.82, 2.24) is 19.5 Å². The Morgan fingerprint density at radius 2 is 1.88 bits per heavy atom. The van der Waals surface area contributed by atoms with Crippen LogP contribution in [0.3, 0.4) is 0 Å². The lowest BCUT2D eigenvalue weighted by Crippen LogP contribution is -2.51. The minimum absolute atomic E-state index is 0.0116. The summed E-state index contributed by atoms with van der Waals surface area (Å²) in [6.45, 7) is 6.47. The number of likely N-dealkylation sites (tertiary alicyclic amines) is 1. The highest BCUT2D eigenvalue weighted by Gasteiger charge is 2.42. The maximum absolute atomic E-state index is 13.3. The average Bonchev–Trinajstić information content (AvgIpc) is 3.55. The third kappa shape index (κ3) is 4.02. The number of hydrogen-bond acceptors (Lipinski definition) is 7. The summed E-state index contributed by atoms with van der Waals surface area (Å²) >= 11 is 1.59. The highest BCUT2D eigenvalue weighted by Crippen LogP contribution is 2.34. The molecule has 6 rings (SSSR count). The summed E-state index contributed by atoms with van der Waals surface area (Å²) < 4.78 is 13.5. The number of hydrogen-bond donors (Lipinski definition) is 0. The number of amides is 1. The van der Waals surface area contributed by atoms with Gasteiger partial charge in [-0.1, -0.05) is 41.2 Å². The van der Waals surface area contributed by atoms with Crippen molar-refractivity contribution in [2.75, 3.05) is 44.3 Å². The average molecular weight is 468 g/mol. The summed E-state index contributed by atoms with van der Waals surface area (Å²) in [5.41, 5.74) is 3.27. The van der Waals surface area contributed by atoms with Crippen LogP contribution in [0.25, 0.3) is 16.2 Å². The summed E-state index contributed by atoms with van der Waals surface area (Å²) in [7, 11) is 0. The van der Waals surface area contributed by atoms with E-state index in [0.717, 1.165) is 60.1 Å². The smallest absolute Gasteiger partial charge is 0.227 e. The Labute approximate surface area is 197 Å². The third-order valence-corrected chi connectivity index (χ3v) is 8.05. The number of aryl methyl sites for hydroxylation is 1. The van der Waals surface area contributed by atoms with Crippen molar-refractivity contribution in [2.45, 2.75) is 38.4 Å². The van der Waals surface area contributed by atoms with Gasteiger partial charge in [-0.15, -0.1) is 5.10 Å². The molecule has 3 saturated heterocycles. The van der Waals surface area contributed by atoms with Crippen molar-refractivity contribution in [3.63, 3.8) is 0 Å². The Kier molecular flexibility index (Phi) is 5.35. The zero-order chi connectivity index (χ0) is 22.4. The van der Waals surface area contributed by atoms with Gasteiger partial charge in [0.05, 0.1) is 31.0 Å². The van der Waals surface area contributed by atoms with Crippen LogP contribution in [0.4, 0.5) is 5.13 Å². The molecule has 174 valence electrons. The van der Waals surface area contributed by atoms with Gasteiger partial charge in [-0.05, 0) is 19.8 Å². The minimum Gasteiger partial charge on any atom is -0.347 e. The summed E-state index contributed by atoms with van der Waals surface area (Å²) in [5, 5.41) is 5.74. The molecular weight excluding hydrogens is 438 g/mol. The highest BCUT2D eigenvalue weighted by atomic mass is 32.1. The van der Waals surface area contributed by atoms with Crippen LogP contribution in [0.5, 0.6) is 0 Å². The van der Waals surface area contributed by atoms with Gasteiger partial charge in [0.2, 0.25) is 16.0 Å². The van der Waals surface area contributed by atoms with E-state index >= 15 is 0 Å². The quantitative estimate of drug-likeness (QED) is 0.588. The Bertz CT molecular complexity index is 1110. The van der Waals surface area contributed by atoms with Crippen molar-refractivity contribution in [3.8, 4) is 11.3 Å². The van der Waals surface area contributed by atoms with E-state index in [-0.39, 0.29) is 11.8 Å². The lowest BCUT2D eigenvalue weighted by atomic mass is 9.95. The number of ether oxygens (including phenoxy) is 2. The van der Waals surface area contributed by atoms with E-state index in [1.165, 1.54) is 5.56 Å². The lowest BCUT2D eigenvalue weighted by Gasteiger charge is -2.40. The predicted molar refractivity (Wildman–Crippen MR) is 126 cm³/mol. The third-order valence-electron chi connectivity index (χ3n) is 7.07. The molecule has 8 nitrogen and oxygen atoms in total. The molecule has 1 aromatic carbocycles. The topological polar surface area (TPSA) is 72.2 Å². The van der Waals surface area contributed by atoms with Gasteiger partial charge in [0.25, 0.3) is 0 Å². The number of nitrogens with zero attached hydrogens (tertiary/aromatic N) is 5. The van der Waals surface area contributed by atoms with Gasteiger partial charge in [-0.3, -0.25) is 4.79 Å². The molecule has 0 aliphatic carbocycles. The van der Waals surface area contributed by atoms with E-state index in [4.69, 9.17) is 19.6 Å².